The smallest absolute Gasteiger partial charge is 0.247 e. The predicted octanol–water partition coefficient (Wildman–Crippen LogP) is 4.02. The first-order chi connectivity index (χ1) is 13.5. The minimum absolute atomic E-state index is 0.0699. The van der Waals surface area contributed by atoms with Crippen molar-refractivity contribution in [2.24, 2.45) is 0 Å². The van der Waals surface area contributed by atoms with Gasteiger partial charge in [-0.15, -0.1) is 0 Å². The molecule has 0 spiro atoms. The Bertz CT molecular complexity index is 822. The molecular weight excluding hydrogens is 348 g/mol. The molecule has 2 amide bonds. The van der Waals surface area contributed by atoms with Crippen LogP contribution in [-0.2, 0) is 16.0 Å². The number of amides is 2. The van der Waals surface area contributed by atoms with Gasteiger partial charge in [-0.25, -0.2) is 0 Å². The lowest BCUT2D eigenvalue weighted by Gasteiger charge is -2.34. The Morgan fingerprint density at radius 2 is 1.75 bits per heavy atom. The van der Waals surface area contributed by atoms with Crippen molar-refractivity contribution < 1.29 is 9.59 Å². The van der Waals surface area contributed by atoms with Crippen LogP contribution in [0.1, 0.15) is 53.1 Å². The summed E-state index contributed by atoms with van der Waals surface area (Å²) in [5.41, 5.74) is 5.94. The zero-order valence-electron chi connectivity index (χ0n) is 17.1. The van der Waals surface area contributed by atoms with Crippen LogP contribution in [0.4, 0.5) is 0 Å². The molecule has 1 heterocycles. The number of likely N-dealkylation sites (tertiary alicyclic amines) is 1. The first-order valence-electron chi connectivity index (χ1n) is 10.2. The van der Waals surface area contributed by atoms with Crippen molar-refractivity contribution in [2.45, 2.75) is 52.5 Å². The minimum atomic E-state index is -0.547. The molecule has 4 nitrogen and oxygen atoms in total. The summed E-state index contributed by atoms with van der Waals surface area (Å²) in [6.07, 6.45) is 3.17. The van der Waals surface area contributed by atoms with E-state index in [-0.39, 0.29) is 11.8 Å². The highest BCUT2D eigenvalue weighted by Gasteiger charge is 2.32. The van der Waals surface area contributed by atoms with E-state index in [1.54, 1.807) is 4.90 Å². The Kier molecular flexibility index (Phi) is 6.50. The molecule has 1 aliphatic rings. The molecule has 1 saturated heterocycles. The van der Waals surface area contributed by atoms with Crippen molar-refractivity contribution in [3.05, 3.63) is 70.3 Å². The number of hydrogen-bond acceptors (Lipinski definition) is 2. The van der Waals surface area contributed by atoms with Crippen molar-refractivity contribution in [2.75, 3.05) is 13.1 Å². The van der Waals surface area contributed by atoms with Gasteiger partial charge < -0.3 is 10.2 Å². The van der Waals surface area contributed by atoms with Crippen LogP contribution >= 0.6 is 0 Å². The van der Waals surface area contributed by atoms with Crippen LogP contribution in [0.15, 0.2) is 42.5 Å². The van der Waals surface area contributed by atoms with Gasteiger partial charge in [0.05, 0.1) is 0 Å². The topological polar surface area (TPSA) is 49.4 Å². The molecule has 1 aliphatic heterocycles. The molecule has 3 rings (SSSR count). The van der Waals surface area contributed by atoms with Gasteiger partial charge in [0, 0.05) is 19.5 Å². The molecule has 28 heavy (non-hydrogen) atoms. The van der Waals surface area contributed by atoms with Gasteiger partial charge in [-0.1, -0.05) is 48.0 Å². The van der Waals surface area contributed by atoms with Gasteiger partial charge in [-0.3, -0.25) is 9.59 Å². The summed E-state index contributed by atoms with van der Waals surface area (Å²) in [6.45, 7) is 7.55. The van der Waals surface area contributed by atoms with Gasteiger partial charge in [0.25, 0.3) is 0 Å². The normalized spacial score (nSPS) is 15.4. The van der Waals surface area contributed by atoms with Crippen molar-refractivity contribution >= 4 is 11.8 Å². The number of benzene rings is 2. The van der Waals surface area contributed by atoms with Gasteiger partial charge in [-0.2, -0.15) is 0 Å². The van der Waals surface area contributed by atoms with Crippen molar-refractivity contribution in [3.63, 3.8) is 0 Å². The number of piperidine rings is 1. The van der Waals surface area contributed by atoms with Crippen LogP contribution in [0, 0.1) is 20.8 Å². The van der Waals surface area contributed by atoms with Crippen LogP contribution < -0.4 is 5.32 Å². The number of nitrogens with zero attached hydrogens (tertiary/aromatic N) is 1. The van der Waals surface area contributed by atoms with Crippen LogP contribution in [0.25, 0.3) is 0 Å². The molecule has 0 aliphatic carbocycles. The standard InChI is InChI=1S/C24H30N2O2/c1-17-15-18(2)21(19(3)16-17)12-13-25-24(28)23(20-9-5-4-6-10-20)26-14-8-7-11-22(26)27/h4-6,9-10,15-16,23H,7-8,11-14H2,1-3H3,(H,25,28). The molecule has 0 saturated carbocycles. The second kappa shape index (κ2) is 9.05. The zero-order chi connectivity index (χ0) is 20.1. The van der Waals surface area contributed by atoms with E-state index in [1.807, 2.05) is 30.3 Å². The average Bonchev–Trinajstić information content (AvgIpc) is 2.66. The zero-order valence-corrected chi connectivity index (χ0v) is 17.1. The molecule has 1 unspecified atom stereocenters. The Morgan fingerprint density at radius 3 is 2.39 bits per heavy atom. The molecule has 0 radical (unpaired) electrons. The Hall–Kier alpha value is -2.62. The maximum atomic E-state index is 13.1. The van der Waals surface area contributed by atoms with Gasteiger partial charge in [0.15, 0.2) is 0 Å². The van der Waals surface area contributed by atoms with Gasteiger partial charge in [0.1, 0.15) is 6.04 Å². The third kappa shape index (κ3) is 4.61. The maximum Gasteiger partial charge on any atom is 0.247 e. The van der Waals surface area contributed by atoms with E-state index in [4.69, 9.17) is 0 Å². The predicted molar refractivity (Wildman–Crippen MR) is 112 cm³/mol. The van der Waals surface area contributed by atoms with E-state index in [0.717, 1.165) is 24.8 Å². The highest BCUT2D eigenvalue weighted by molar-refractivity contribution is 5.89. The fraction of sp³-hybridized carbons (Fsp3) is 0.417. The van der Waals surface area contributed by atoms with Crippen LogP contribution in [0.3, 0.4) is 0 Å². The molecule has 4 heteroatoms. The summed E-state index contributed by atoms with van der Waals surface area (Å²) in [7, 11) is 0. The maximum absolute atomic E-state index is 13.1. The molecular formula is C24H30N2O2. The molecule has 1 atom stereocenters. The molecule has 2 aromatic carbocycles. The molecule has 1 N–H and O–H groups in total. The summed E-state index contributed by atoms with van der Waals surface area (Å²) in [4.78, 5) is 27.3. The summed E-state index contributed by atoms with van der Waals surface area (Å²) >= 11 is 0. The van der Waals surface area contributed by atoms with E-state index in [1.165, 1.54) is 22.3 Å². The Morgan fingerprint density at radius 1 is 1.07 bits per heavy atom. The molecule has 1 fully saturated rings. The number of nitrogens with one attached hydrogen (secondary N) is 1. The van der Waals surface area contributed by atoms with Crippen molar-refractivity contribution in [1.82, 2.24) is 10.2 Å². The number of rotatable bonds is 6. The monoisotopic (exact) mass is 378 g/mol. The SMILES string of the molecule is Cc1cc(C)c(CCNC(=O)C(c2ccccc2)N2CCCCC2=O)c(C)c1. The Balaban J connectivity index is 1.72. The lowest BCUT2D eigenvalue weighted by atomic mass is 9.97. The summed E-state index contributed by atoms with van der Waals surface area (Å²) < 4.78 is 0. The van der Waals surface area contributed by atoms with E-state index in [2.05, 4.69) is 38.2 Å². The lowest BCUT2D eigenvalue weighted by molar-refractivity contribution is -0.142. The van der Waals surface area contributed by atoms with E-state index in [0.29, 0.717) is 19.5 Å². The fourth-order valence-corrected chi connectivity index (χ4v) is 4.22. The molecule has 0 aromatic heterocycles. The van der Waals surface area contributed by atoms with E-state index < -0.39 is 6.04 Å². The second-order valence-corrected chi connectivity index (χ2v) is 7.78. The quantitative estimate of drug-likeness (QED) is 0.825. The summed E-state index contributed by atoms with van der Waals surface area (Å²) in [6, 6.07) is 13.5. The molecule has 148 valence electrons. The first kappa shape index (κ1) is 20.1. The molecule has 0 bridgehead atoms. The van der Waals surface area contributed by atoms with Crippen LogP contribution in [0.5, 0.6) is 0 Å². The summed E-state index contributed by atoms with van der Waals surface area (Å²) in [5, 5.41) is 3.08. The largest absolute Gasteiger partial charge is 0.354 e. The Labute approximate surface area is 167 Å². The minimum Gasteiger partial charge on any atom is -0.354 e. The summed E-state index contributed by atoms with van der Waals surface area (Å²) in [5.74, 6) is -0.0238. The van der Waals surface area contributed by atoms with Gasteiger partial charge in [-0.05, 0) is 62.3 Å². The number of hydrogen-bond donors (Lipinski definition) is 1. The van der Waals surface area contributed by atoms with Crippen LogP contribution in [0.2, 0.25) is 0 Å². The van der Waals surface area contributed by atoms with Gasteiger partial charge >= 0.3 is 0 Å². The fourth-order valence-electron chi connectivity index (χ4n) is 4.22. The number of carbonyl (C=O) groups is 2. The third-order valence-corrected chi connectivity index (χ3v) is 5.55. The first-order valence-corrected chi connectivity index (χ1v) is 10.2. The highest BCUT2D eigenvalue weighted by Crippen LogP contribution is 2.26. The number of carbonyl (C=O) groups excluding carboxylic acids is 2. The van der Waals surface area contributed by atoms with Crippen LogP contribution in [-0.4, -0.2) is 29.8 Å². The number of aryl methyl sites for hydroxylation is 3. The average molecular weight is 379 g/mol. The van der Waals surface area contributed by atoms with Crippen molar-refractivity contribution in [1.29, 1.82) is 0 Å². The molecule has 2 aromatic rings. The van der Waals surface area contributed by atoms with Gasteiger partial charge in [0.2, 0.25) is 11.8 Å². The van der Waals surface area contributed by atoms with Crippen molar-refractivity contribution in [3.8, 4) is 0 Å². The lowest BCUT2D eigenvalue weighted by Crippen LogP contribution is -2.46. The van der Waals surface area contributed by atoms with E-state index in [9.17, 15) is 9.59 Å². The van der Waals surface area contributed by atoms with E-state index >= 15 is 0 Å². The second-order valence-electron chi connectivity index (χ2n) is 7.78. The third-order valence-electron chi connectivity index (χ3n) is 5.55. The highest BCUT2D eigenvalue weighted by atomic mass is 16.2.